The molecule has 0 aliphatic heterocycles. The van der Waals surface area contributed by atoms with Crippen LogP contribution in [0.2, 0.25) is 0 Å². The molecule has 19 heavy (non-hydrogen) atoms. The molecule has 0 spiro atoms. The van der Waals surface area contributed by atoms with Crippen LogP contribution in [0.1, 0.15) is 26.3 Å². The van der Waals surface area contributed by atoms with Crippen molar-refractivity contribution in [1.29, 1.82) is 0 Å². The summed E-state index contributed by atoms with van der Waals surface area (Å²) < 4.78 is 5.17. The Morgan fingerprint density at radius 3 is 2.32 bits per heavy atom. The monoisotopic (exact) mass is 256 g/mol. The molecule has 1 N–H and O–H groups in total. The number of benzene rings is 2. The zero-order chi connectivity index (χ0) is 13.8. The van der Waals surface area contributed by atoms with Crippen molar-refractivity contribution in [2.24, 2.45) is 0 Å². The Bertz CT molecular complexity index is 617. The third-order valence-electron chi connectivity index (χ3n) is 2.52. The normalized spacial score (nSPS) is 9.95. The average molecular weight is 256 g/mol. The van der Waals surface area contributed by atoms with E-state index in [4.69, 9.17) is 9.84 Å². The molecule has 0 atom stereocenters. The molecule has 96 valence electrons. The van der Waals surface area contributed by atoms with Gasteiger partial charge in [-0.3, -0.25) is 0 Å². The van der Waals surface area contributed by atoms with Crippen LogP contribution in [0.25, 0.3) is 0 Å². The fourth-order valence-corrected chi connectivity index (χ4v) is 1.67. The highest BCUT2D eigenvalue weighted by Gasteiger charge is 2.11. The molecule has 2 aromatic rings. The van der Waals surface area contributed by atoms with Crippen molar-refractivity contribution in [3.05, 3.63) is 65.2 Å². The Morgan fingerprint density at radius 1 is 1.00 bits per heavy atom. The third-order valence-corrected chi connectivity index (χ3v) is 2.52. The largest absolute Gasteiger partial charge is 0.478 e. The molecule has 0 unspecified atom stereocenters. The number of esters is 1. The second-order valence-corrected chi connectivity index (χ2v) is 4.10. The first-order valence-corrected chi connectivity index (χ1v) is 5.68. The number of ether oxygens (including phenoxy) is 1. The number of rotatable bonds is 3. The molecule has 4 nitrogen and oxygen atoms in total. The number of carbonyl (C=O) groups is 2. The maximum absolute atomic E-state index is 11.8. The summed E-state index contributed by atoms with van der Waals surface area (Å²) in [5, 5.41) is 8.94. The molecule has 0 amide bonds. The van der Waals surface area contributed by atoms with Crippen LogP contribution in [0.3, 0.4) is 0 Å². The van der Waals surface area contributed by atoms with Gasteiger partial charge in [-0.1, -0.05) is 18.2 Å². The quantitative estimate of drug-likeness (QED) is 0.677. The predicted molar refractivity (Wildman–Crippen MR) is 69.5 cm³/mol. The minimum atomic E-state index is -1.05. The summed E-state index contributed by atoms with van der Waals surface area (Å²) in [7, 11) is 0. The van der Waals surface area contributed by atoms with Crippen LogP contribution in [-0.2, 0) is 0 Å². The topological polar surface area (TPSA) is 63.6 Å². The van der Waals surface area contributed by atoms with Crippen molar-refractivity contribution < 1.29 is 19.4 Å². The Balaban J connectivity index is 2.24. The molecule has 0 saturated carbocycles. The molecular formula is C15H12O4. The summed E-state index contributed by atoms with van der Waals surface area (Å²) in [4.78, 5) is 22.8. The van der Waals surface area contributed by atoms with E-state index in [1.165, 1.54) is 12.1 Å². The molecule has 0 fully saturated rings. The Morgan fingerprint density at radius 2 is 1.68 bits per heavy atom. The first-order valence-electron chi connectivity index (χ1n) is 5.68. The van der Waals surface area contributed by atoms with Gasteiger partial charge in [-0.25, -0.2) is 9.59 Å². The number of aryl methyl sites for hydroxylation is 1. The molecule has 4 heteroatoms. The molecule has 0 aliphatic rings. The van der Waals surface area contributed by atoms with E-state index in [1.807, 2.05) is 0 Å². The predicted octanol–water partition coefficient (Wildman–Crippen LogP) is 2.91. The van der Waals surface area contributed by atoms with Gasteiger partial charge in [0.2, 0.25) is 0 Å². The van der Waals surface area contributed by atoms with Gasteiger partial charge in [-0.05, 0) is 42.8 Å². The number of hydrogen-bond donors (Lipinski definition) is 1. The lowest BCUT2D eigenvalue weighted by atomic mass is 10.1. The summed E-state index contributed by atoms with van der Waals surface area (Å²) in [5.41, 5.74) is 1.23. The van der Waals surface area contributed by atoms with Crippen LogP contribution >= 0.6 is 0 Å². The lowest BCUT2D eigenvalue weighted by Gasteiger charge is -2.06. The number of carbonyl (C=O) groups excluding carboxylic acids is 1. The van der Waals surface area contributed by atoms with Crippen molar-refractivity contribution in [1.82, 2.24) is 0 Å². The lowest BCUT2D eigenvalue weighted by Crippen LogP contribution is -2.09. The van der Waals surface area contributed by atoms with Crippen LogP contribution in [0.5, 0.6) is 5.75 Å². The van der Waals surface area contributed by atoms with Gasteiger partial charge in [0.05, 0.1) is 11.1 Å². The van der Waals surface area contributed by atoms with Gasteiger partial charge in [0.1, 0.15) is 5.75 Å². The second-order valence-electron chi connectivity index (χ2n) is 4.10. The lowest BCUT2D eigenvalue weighted by molar-refractivity contribution is 0.0687. The van der Waals surface area contributed by atoms with E-state index in [9.17, 15) is 9.59 Å². The zero-order valence-electron chi connectivity index (χ0n) is 10.3. The van der Waals surface area contributed by atoms with Crippen LogP contribution in [0, 0.1) is 6.92 Å². The molecule has 2 aromatic carbocycles. The summed E-state index contributed by atoms with van der Waals surface area (Å²) in [6, 6.07) is 13.0. The standard InChI is InChI=1S/C15H12O4/c1-10-7-12(14(16)17)9-13(8-10)19-15(18)11-5-3-2-4-6-11/h2-9H,1H3,(H,16,17). The number of aromatic carboxylic acids is 1. The average Bonchev–Trinajstić information content (AvgIpc) is 2.39. The van der Waals surface area contributed by atoms with Gasteiger partial charge in [0, 0.05) is 0 Å². The molecule has 0 radical (unpaired) electrons. The maximum atomic E-state index is 11.8. The molecule has 2 rings (SSSR count). The molecule has 0 bridgehead atoms. The van der Waals surface area contributed by atoms with Gasteiger partial charge in [0.25, 0.3) is 0 Å². The zero-order valence-corrected chi connectivity index (χ0v) is 10.3. The van der Waals surface area contributed by atoms with E-state index in [2.05, 4.69) is 0 Å². The number of carboxylic acids is 1. The van der Waals surface area contributed by atoms with Gasteiger partial charge >= 0.3 is 11.9 Å². The summed E-state index contributed by atoms with van der Waals surface area (Å²) in [6.07, 6.45) is 0. The first kappa shape index (κ1) is 12.8. The first-order chi connectivity index (χ1) is 9.06. The van der Waals surface area contributed by atoms with E-state index < -0.39 is 11.9 Å². The summed E-state index contributed by atoms with van der Waals surface area (Å²) >= 11 is 0. The Kier molecular flexibility index (Phi) is 3.61. The van der Waals surface area contributed by atoms with Crippen molar-refractivity contribution in [3.8, 4) is 5.75 Å². The van der Waals surface area contributed by atoms with Gasteiger partial charge in [-0.2, -0.15) is 0 Å². The summed E-state index contributed by atoms with van der Waals surface area (Å²) in [6.45, 7) is 1.74. The highest BCUT2D eigenvalue weighted by molar-refractivity contribution is 5.92. The van der Waals surface area contributed by atoms with Crippen molar-refractivity contribution in [2.75, 3.05) is 0 Å². The minimum absolute atomic E-state index is 0.0934. The second kappa shape index (κ2) is 5.35. The smallest absolute Gasteiger partial charge is 0.343 e. The van der Waals surface area contributed by atoms with E-state index in [0.29, 0.717) is 5.56 Å². The molecule has 0 aromatic heterocycles. The van der Waals surface area contributed by atoms with Gasteiger partial charge in [0.15, 0.2) is 0 Å². The van der Waals surface area contributed by atoms with Gasteiger partial charge in [-0.15, -0.1) is 0 Å². The Labute approximate surface area is 110 Å². The maximum Gasteiger partial charge on any atom is 0.343 e. The van der Waals surface area contributed by atoms with Crippen LogP contribution in [-0.4, -0.2) is 17.0 Å². The molecular weight excluding hydrogens is 244 g/mol. The van der Waals surface area contributed by atoms with E-state index in [1.54, 1.807) is 43.3 Å². The van der Waals surface area contributed by atoms with Crippen LogP contribution < -0.4 is 4.74 Å². The fraction of sp³-hybridized carbons (Fsp3) is 0.0667. The van der Waals surface area contributed by atoms with E-state index in [0.717, 1.165) is 5.56 Å². The number of carboxylic acid groups (broad SMARTS) is 1. The summed E-state index contributed by atoms with van der Waals surface area (Å²) in [5.74, 6) is -1.34. The molecule has 0 heterocycles. The highest BCUT2D eigenvalue weighted by Crippen LogP contribution is 2.18. The van der Waals surface area contributed by atoms with Crippen molar-refractivity contribution in [3.63, 3.8) is 0 Å². The molecule has 0 aliphatic carbocycles. The fourth-order valence-electron chi connectivity index (χ4n) is 1.67. The molecule has 0 saturated heterocycles. The number of hydrogen-bond acceptors (Lipinski definition) is 3. The Hall–Kier alpha value is -2.62. The third kappa shape index (κ3) is 3.19. The van der Waals surface area contributed by atoms with Gasteiger partial charge < -0.3 is 9.84 Å². The van der Waals surface area contributed by atoms with Crippen molar-refractivity contribution >= 4 is 11.9 Å². The van der Waals surface area contributed by atoms with E-state index in [-0.39, 0.29) is 11.3 Å². The van der Waals surface area contributed by atoms with Crippen LogP contribution in [0.4, 0.5) is 0 Å². The van der Waals surface area contributed by atoms with E-state index >= 15 is 0 Å². The van der Waals surface area contributed by atoms with Crippen molar-refractivity contribution in [2.45, 2.75) is 6.92 Å². The SMILES string of the molecule is Cc1cc(OC(=O)c2ccccc2)cc(C(=O)O)c1. The minimum Gasteiger partial charge on any atom is -0.478 e. The highest BCUT2D eigenvalue weighted by atomic mass is 16.5. The van der Waals surface area contributed by atoms with Crippen LogP contribution in [0.15, 0.2) is 48.5 Å².